The van der Waals surface area contributed by atoms with E-state index in [1.165, 1.54) is 0 Å². The van der Waals surface area contributed by atoms with Gasteiger partial charge in [-0.05, 0) is 55.3 Å². The minimum absolute atomic E-state index is 0.152. The van der Waals surface area contributed by atoms with Gasteiger partial charge in [0.1, 0.15) is 11.7 Å². The quantitative estimate of drug-likeness (QED) is 0.559. The molecule has 0 spiro atoms. The Kier molecular flexibility index (Phi) is 4.87. The summed E-state index contributed by atoms with van der Waals surface area (Å²) in [4.78, 5) is 25.2. The number of hydrogen-bond acceptors (Lipinski definition) is 3. The van der Waals surface area contributed by atoms with Crippen LogP contribution in [0.25, 0.3) is 0 Å². The van der Waals surface area contributed by atoms with E-state index in [4.69, 9.17) is 4.74 Å². The molecule has 0 saturated heterocycles. The molecule has 0 heterocycles. The van der Waals surface area contributed by atoms with Gasteiger partial charge in [-0.1, -0.05) is 38.8 Å². The summed E-state index contributed by atoms with van der Waals surface area (Å²) in [5, 5.41) is 10.3. The number of carboxylic acid groups (broad SMARTS) is 1. The van der Waals surface area contributed by atoms with Gasteiger partial charge in [0.05, 0.1) is 0 Å². The van der Waals surface area contributed by atoms with Crippen molar-refractivity contribution in [1.82, 2.24) is 0 Å². The van der Waals surface area contributed by atoms with Gasteiger partial charge in [0, 0.05) is 19.1 Å². The third-order valence-corrected chi connectivity index (χ3v) is 7.57. The number of carboxylic acids is 1. The van der Waals surface area contributed by atoms with Crippen molar-refractivity contribution >= 4 is 12.3 Å². The number of allylic oxidation sites excluding steroid dienone is 1. The standard InChI is InChI=1S/C21H32O4/c1-13(2)18-9-15-10-20(12-22,21(18,11-15)19(23)24)17-6-5-14(3)16(17)7-8-25-4/h9,12-17H,5-8,10-11H2,1-4H3,(H,23,24). The zero-order chi connectivity index (χ0) is 18.4. The minimum atomic E-state index is -0.992. The fraction of sp³-hybridized carbons (Fsp3) is 0.810. The summed E-state index contributed by atoms with van der Waals surface area (Å²) in [6, 6.07) is 0. The lowest BCUT2D eigenvalue weighted by Crippen LogP contribution is -2.53. The van der Waals surface area contributed by atoms with Crippen LogP contribution in [0.15, 0.2) is 11.6 Å². The van der Waals surface area contributed by atoms with Gasteiger partial charge in [-0.2, -0.15) is 0 Å². The molecular weight excluding hydrogens is 316 g/mol. The summed E-state index contributed by atoms with van der Waals surface area (Å²) in [5.41, 5.74) is -0.748. The predicted molar refractivity (Wildman–Crippen MR) is 96.1 cm³/mol. The fourth-order valence-corrected chi connectivity index (χ4v) is 6.61. The zero-order valence-corrected chi connectivity index (χ0v) is 16.0. The molecule has 0 aliphatic heterocycles. The van der Waals surface area contributed by atoms with Crippen LogP contribution in [0.4, 0.5) is 0 Å². The predicted octanol–water partition coefficient (Wildman–Crippen LogP) is 3.95. The first-order chi connectivity index (χ1) is 11.8. The lowest BCUT2D eigenvalue weighted by atomic mass is 9.52. The second-order valence-corrected chi connectivity index (χ2v) is 8.92. The topological polar surface area (TPSA) is 63.6 Å². The molecule has 2 bridgehead atoms. The van der Waals surface area contributed by atoms with Gasteiger partial charge in [0.15, 0.2) is 0 Å². The lowest BCUT2D eigenvalue weighted by Gasteiger charge is -2.48. The molecule has 25 heavy (non-hydrogen) atoms. The number of fused-ring (bicyclic) bond motifs is 2. The van der Waals surface area contributed by atoms with Gasteiger partial charge < -0.3 is 14.6 Å². The van der Waals surface area contributed by atoms with Crippen LogP contribution in [0.3, 0.4) is 0 Å². The first kappa shape index (κ1) is 18.6. The van der Waals surface area contributed by atoms with Crippen LogP contribution in [-0.4, -0.2) is 31.1 Å². The highest BCUT2D eigenvalue weighted by Gasteiger charge is 2.71. The first-order valence-corrected chi connectivity index (χ1v) is 9.75. The van der Waals surface area contributed by atoms with Gasteiger partial charge in [-0.15, -0.1) is 0 Å². The van der Waals surface area contributed by atoms with Crippen LogP contribution >= 0.6 is 0 Å². The lowest BCUT2D eigenvalue weighted by molar-refractivity contribution is -0.160. The van der Waals surface area contributed by atoms with Crippen molar-refractivity contribution in [3.63, 3.8) is 0 Å². The van der Waals surface area contributed by atoms with Crippen molar-refractivity contribution in [2.75, 3.05) is 13.7 Å². The number of aldehydes is 1. The van der Waals surface area contributed by atoms with E-state index in [-0.39, 0.29) is 17.8 Å². The van der Waals surface area contributed by atoms with Crippen molar-refractivity contribution in [2.24, 2.45) is 40.4 Å². The highest BCUT2D eigenvalue weighted by Crippen LogP contribution is 2.70. The third kappa shape index (κ3) is 2.43. The molecule has 0 radical (unpaired) electrons. The number of ether oxygens (including phenoxy) is 1. The van der Waals surface area contributed by atoms with Crippen LogP contribution in [0.5, 0.6) is 0 Å². The van der Waals surface area contributed by atoms with Crippen molar-refractivity contribution in [3.05, 3.63) is 11.6 Å². The molecule has 140 valence electrons. The number of hydrogen-bond donors (Lipinski definition) is 1. The smallest absolute Gasteiger partial charge is 0.314 e. The van der Waals surface area contributed by atoms with Crippen LogP contribution in [0.2, 0.25) is 0 Å². The van der Waals surface area contributed by atoms with E-state index >= 15 is 0 Å². The van der Waals surface area contributed by atoms with Crippen LogP contribution in [0, 0.1) is 40.4 Å². The Balaban J connectivity index is 2.07. The van der Waals surface area contributed by atoms with Gasteiger partial charge in [0.25, 0.3) is 0 Å². The van der Waals surface area contributed by atoms with E-state index in [0.717, 1.165) is 31.1 Å². The Bertz CT molecular complexity index is 580. The van der Waals surface area contributed by atoms with E-state index in [0.29, 0.717) is 31.3 Å². The Morgan fingerprint density at radius 2 is 2.12 bits per heavy atom. The van der Waals surface area contributed by atoms with Gasteiger partial charge in [0.2, 0.25) is 0 Å². The average Bonchev–Trinajstić information content (AvgIpc) is 3.23. The van der Waals surface area contributed by atoms with E-state index < -0.39 is 16.8 Å². The fourth-order valence-electron chi connectivity index (χ4n) is 6.61. The van der Waals surface area contributed by atoms with Crippen LogP contribution in [-0.2, 0) is 14.3 Å². The Hall–Kier alpha value is -1.16. The second-order valence-electron chi connectivity index (χ2n) is 8.92. The molecule has 0 amide bonds. The maximum Gasteiger partial charge on any atom is 0.314 e. The highest BCUT2D eigenvalue weighted by atomic mass is 16.5. The SMILES string of the molecule is COCCC1C(C)CCC1C1(C=O)CC2C=C(C(C)C)C1(C(=O)O)C2. The molecule has 1 N–H and O–H groups in total. The third-order valence-electron chi connectivity index (χ3n) is 7.57. The maximum atomic E-state index is 12.6. The molecule has 2 fully saturated rings. The Morgan fingerprint density at radius 3 is 2.68 bits per heavy atom. The van der Waals surface area contributed by atoms with Crippen molar-refractivity contribution in [1.29, 1.82) is 0 Å². The highest BCUT2D eigenvalue weighted by molar-refractivity contribution is 5.88. The summed E-state index contributed by atoms with van der Waals surface area (Å²) in [5.74, 6) is 0.653. The monoisotopic (exact) mass is 348 g/mol. The van der Waals surface area contributed by atoms with E-state index in [9.17, 15) is 14.7 Å². The average molecular weight is 348 g/mol. The largest absolute Gasteiger partial charge is 0.481 e. The molecule has 0 aromatic rings. The van der Waals surface area contributed by atoms with Crippen molar-refractivity contribution in [3.8, 4) is 0 Å². The number of aliphatic carboxylic acids is 1. The summed E-state index contributed by atoms with van der Waals surface area (Å²) >= 11 is 0. The van der Waals surface area contributed by atoms with E-state index in [2.05, 4.69) is 26.8 Å². The molecule has 6 atom stereocenters. The number of carbonyl (C=O) groups excluding carboxylic acids is 1. The second kappa shape index (κ2) is 6.53. The maximum absolute atomic E-state index is 12.6. The number of methoxy groups -OCH3 is 1. The minimum Gasteiger partial charge on any atom is -0.481 e. The normalized spacial score (nSPS) is 42.8. The number of carbonyl (C=O) groups is 2. The Labute approximate surface area is 151 Å². The van der Waals surface area contributed by atoms with Gasteiger partial charge in [-0.25, -0.2) is 0 Å². The molecule has 0 aromatic heterocycles. The number of rotatable bonds is 7. The molecule has 2 saturated carbocycles. The summed E-state index contributed by atoms with van der Waals surface area (Å²) in [7, 11) is 1.71. The molecule has 6 unspecified atom stereocenters. The van der Waals surface area contributed by atoms with Crippen LogP contribution in [0.1, 0.15) is 52.9 Å². The first-order valence-electron chi connectivity index (χ1n) is 9.75. The zero-order valence-electron chi connectivity index (χ0n) is 16.0. The Morgan fingerprint density at radius 1 is 1.40 bits per heavy atom. The molecule has 3 aliphatic carbocycles. The molecule has 3 rings (SSSR count). The molecule has 4 heteroatoms. The van der Waals surface area contributed by atoms with E-state index in [1.54, 1.807) is 7.11 Å². The molecule has 4 nitrogen and oxygen atoms in total. The van der Waals surface area contributed by atoms with E-state index in [1.807, 2.05) is 0 Å². The van der Waals surface area contributed by atoms with Crippen molar-refractivity contribution in [2.45, 2.75) is 52.9 Å². The molecular formula is C21H32O4. The summed E-state index contributed by atoms with van der Waals surface area (Å²) in [6.45, 7) is 7.05. The van der Waals surface area contributed by atoms with Gasteiger partial charge in [-0.3, -0.25) is 4.79 Å². The molecule has 0 aromatic carbocycles. The van der Waals surface area contributed by atoms with Crippen molar-refractivity contribution < 1.29 is 19.4 Å². The summed E-state index contributed by atoms with van der Waals surface area (Å²) in [6.07, 6.45) is 7.49. The van der Waals surface area contributed by atoms with Gasteiger partial charge >= 0.3 is 5.97 Å². The van der Waals surface area contributed by atoms with Crippen LogP contribution < -0.4 is 0 Å². The molecule has 3 aliphatic rings. The summed E-state index contributed by atoms with van der Waals surface area (Å²) < 4.78 is 5.31.